The number of thioether (sulfide) groups is 1. The maximum Gasteiger partial charge on any atom is 0.321 e. The Morgan fingerprint density at radius 3 is 2.71 bits per heavy atom. The highest BCUT2D eigenvalue weighted by Crippen LogP contribution is 2.17. The third-order valence-electron chi connectivity index (χ3n) is 1.84. The van der Waals surface area contributed by atoms with Gasteiger partial charge in [0.15, 0.2) is 5.16 Å². The van der Waals surface area contributed by atoms with Gasteiger partial charge in [-0.05, 0) is 13.3 Å². The van der Waals surface area contributed by atoms with Gasteiger partial charge >= 0.3 is 6.01 Å². The van der Waals surface area contributed by atoms with Crippen LogP contribution in [0.4, 0.5) is 5.95 Å². The van der Waals surface area contributed by atoms with Crippen LogP contribution in [0.5, 0.6) is 6.01 Å². The SMILES string of the molecule is CCNc1nc(OC)nc(SCCCOC)n1. The summed E-state index contributed by atoms with van der Waals surface area (Å²) in [6.45, 7) is 3.50. The van der Waals surface area contributed by atoms with Gasteiger partial charge in [-0.3, -0.25) is 0 Å². The van der Waals surface area contributed by atoms with Crippen molar-refractivity contribution >= 4 is 17.7 Å². The summed E-state index contributed by atoms with van der Waals surface area (Å²) in [5.74, 6) is 1.46. The van der Waals surface area contributed by atoms with Crippen molar-refractivity contribution in [1.29, 1.82) is 0 Å². The lowest BCUT2D eigenvalue weighted by molar-refractivity contribution is 0.200. The number of rotatable bonds is 8. The quantitative estimate of drug-likeness (QED) is 0.559. The normalized spacial score (nSPS) is 10.3. The van der Waals surface area contributed by atoms with E-state index in [0.29, 0.717) is 17.1 Å². The Morgan fingerprint density at radius 2 is 2.06 bits per heavy atom. The van der Waals surface area contributed by atoms with Crippen LogP contribution in [0.3, 0.4) is 0 Å². The fourth-order valence-electron chi connectivity index (χ4n) is 1.10. The van der Waals surface area contributed by atoms with Gasteiger partial charge in [-0.1, -0.05) is 11.8 Å². The zero-order valence-electron chi connectivity index (χ0n) is 10.4. The van der Waals surface area contributed by atoms with Crippen molar-refractivity contribution in [2.75, 3.05) is 38.4 Å². The molecule has 1 aromatic rings. The lowest BCUT2D eigenvalue weighted by Gasteiger charge is -2.06. The molecule has 0 unspecified atom stereocenters. The molecule has 7 heteroatoms. The van der Waals surface area contributed by atoms with Crippen LogP contribution in [0.25, 0.3) is 0 Å². The summed E-state index contributed by atoms with van der Waals surface area (Å²) in [6.07, 6.45) is 0.964. The van der Waals surface area contributed by atoms with E-state index in [0.717, 1.165) is 25.3 Å². The number of nitrogens with zero attached hydrogens (tertiary/aromatic N) is 3. The second kappa shape index (κ2) is 8.08. The molecule has 0 aromatic carbocycles. The first-order valence-corrected chi connectivity index (χ1v) is 6.44. The van der Waals surface area contributed by atoms with Gasteiger partial charge in [0.2, 0.25) is 5.95 Å². The Balaban J connectivity index is 2.59. The molecule has 0 aliphatic heterocycles. The number of nitrogens with one attached hydrogen (secondary N) is 1. The zero-order chi connectivity index (χ0) is 12.5. The first-order chi connectivity index (χ1) is 8.30. The van der Waals surface area contributed by atoms with Crippen LogP contribution < -0.4 is 10.1 Å². The maximum absolute atomic E-state index is 5.03. The number of methoxy groups -OCH3 is 2. The van der Waals surface area contributed by atoms with E-state index in [-0.39, 0.29) is 0 Å². The van der Waals surface area contributed by atoms with E-state index < -0.39 is 0 Å². The standard InChI is InChI=1S/C10H18N4O2S/c1-4-11-8-12-9(16-3)14-10(13-8)17-7-5-6-15-2/h4-7H2,1-3H3,(H,11,12,13,14). The average molecular weight is 258 g/mol. The van der Waals surface area contributed by atoms with Crippen molar-refractivity contribution in [2.45, 2.75) is 18.5 Å². The average Bonchev–Trinajstić information content (AvgIpc) is 2.35. The minimum Gasteiger partial charge on any atom is -0.467 e. The highest BCUT2D eigenvalue weighted by Gasteiger charge is 2.06. The smallest absolute Gasteiger partial charge is 0.321 e. The van der Waals surface area contributed by atoms with Gasteiger partial charge in [0.1, 0.15) is 0 Å². The lowest BCUT2D eigenvalue weighted by atomic mass is 10.5. The van der Waals surface area contributed by atoms with Crippen LogP contribution in [-0.2, 0) is 4.74 Å². The Hall–Kier alpha value is -1.08. The lowest BCUT2D eigenvalue weighted by Crippen LogP contribution is -2.06. The molecule has 1 rings (SSSR count). The molecule has 0 aliphatic carbocycles. The number of anilines is 1. The number of hydrogen-bond acceptors (Lipinski definition) is 7. The van der Waals surface area contributed by atoms with Gasteiger partial charge in [0, 0.05) is 26.0 Å². The van der Waals surface area contributed by atoms with E-state index in [2.05, 4.69) is 20.3 Å². The summed E-state index contributed by atoms with van der Waals surface area (Å²) >= 11 is 1.57. The van der Waals surface area contributed by atoms with Gasteiger partial charge in [-0.15, -0.1) is 0 Å². The number of aromatic nitrogens is 3. The molecule has 0 bridgehead atoms. The molecular weight excluding hydrogens is 240 g/mol. The molecule has 0 amide bonds. The van der Waals surface area contributed by atoms with Gasteiger partial charge in [-0.25, -0.2) is 0 Å². The molecule has 0 atom stereocenters. The third kappa shape index (κ3) is 5.18. The van der Waals surface area contributed by atoms with E-state index >= 15 is 0 Å². The predicted octanol–water partition coefficient (Wildman–Crippen LogP) is 1.44. The molecule has 0 saturated carbocycles. The molecular formula is C10H18N4O2S. The van der Waals surface area contributed by atoms with E-state index in [9.17, 15) is 0 Å². The number of ether oxygens (including phenoxy) is 2. The molecule has 6 nitrogen and oxygen atoms in total. The summed E-state index contributed by atoms with van der Waals surface area (Å²) in [7, 11) is 3.24. The van der Waals surface area contributed by atoms with Crippen molar-refractivity contribution in [3.05, 3.63) is 0 Å². The van der Waals surface area contributed by atoms with Crippen LogP contribution in [0, 0.1) is 0 Å². The molecule has 96 valence electrons. The minimum atomic E-state index is 0.338. The summed E-state index contributed by atoms with van der Waals surface area (Å²) in [6, 6.07) is 0.338. The summed E-state index contributed by atoms with van der Waals surface area (Å²) < 4.78 is 10.0. The van der Waals surface area contributed by atoms with Crippen molar-refractivity contribution in [1.82, 2.24) is 15.0 Å². The fourth-order valence-corrected chi connectivity index (χ4v) is 1.84. The molecule has 1 aromatic heterocycles. The van der Waals surface area contributed by atoms with E-state index in [1.807, 2.05) is 6.92 Å². The molecule has 1 N–H and O–H groups in total. The first kappa shape index (κ1) is 14.0. The van der Waals surface area contributed by atoms with Crippen molar-refractivity contribution in [3.8, 4) is 6.01 Å². The summed E-state index contributed by atoms with van der Waals surface area (Å²) in [5, 5.41) is 3.71. The topological polar surface area (TPSA) is 69.2 Å². The summed E-state index contributed by atoms with van der Waals surface area (Å²) in [5.41, 5.74) is 0. The molecule has 1 heterocycles. The highest BCUT2D eigenvalue weighted by molar-refractivity contribution is 7.99. The first-order valence-electron chi connectivity index (χ1n) is 5.45. The van der Waals surface area contributed by atoms with Gasteiger partial charge in [-0.2, -0.15) is 15.0 Å². The second-order valence-electron chi connectivity index (χ2n) is 3.15. The molecule has 0 spiro atoms. The van der Waals surface area contributed by atoms with Crippen LogP contribution >= 0.6 is 11.8 Å². The van der Waals surface area contributed by atoms with E-state index in [1.54, 1.807) is 26.0 Å². The number of hydrogen-bond donors (Lipinski definition) is 1. The van der Waals surface area contributed by atoms with Crippen molar-refractivity contribution in [2.24, 2.45) is 0 Å². The fraction of sp³-hybridized carbons (Fsp3) is 0.700. The Kier molecular flexibility index (Phi) is 6.64. The van der Waals surface area contributed by atoms with Gasteiger partial charge < -0.3 is 14.8 Å². The van der Waals surface area contributed by atoms with E-state index in [4.69, 9.17) is 9.47 Å². The third-order valence-corrected chi connectivity index (χ3v) is 2.77. The Labute approximate surface area is 106 Å². The van der Waals surface area contributed by atoms with Crippen LogP contribution in [0.1, 0.15) is 13.3 Å². The Morgan fingerprint density at radius 1 is 1.24 bits per heavy atom. The monoisotopic (exact) mass is 258 g/mol. The van der Waals surface area contributed by atoms with Crippen molar-refractivity contribution < 1.29 is 9.47 Å². The van der Waals surface area contributed by atoms with Crippen molar-refractivity contribution in [3.63, 3.8) is 0 Å². The molecule has 17 heavy (non-hydrogen) atoms. The largest absolute Gasteiger partial charge is 0.467 e. The van der Waals surface area contributed by atoms with Gasteiger partial charge in [0.05, 0.1) is 7.11 Å². The predicted molar refractivity (Wildman–Crippen MR) is 67.8 cm³/mol. The molecule has 0 fully saturated rings. The minimum absolute atomic E-state index is 0.338. The molecule has 0 saturated heterocycles. The zero-order valence-corrected chi connectivity index (χ0v) is 11.2. The van der Waals surface area contributed by atoms with Gasteiger partial charge in [0.25, 0.3) is 0 Å². The van der Waals surface area contributed by atoms with Crippen LogP contribution in [-0.4, -0.2) is 48.1 Å². The molecule has 0 aliphatic rings. The van der Waals surface area contributed by atoms with E-state index in [1.165, 1.54) is 0 Å². The van der Waals surface area contributed by atoms with Crippen LogP contribution in [0.2, 0.25) is 0 Å². The maximum atomic E-state index is 5.03. The highest BCUT2D eigenvalue weighted by atomic mass is 32.2. The Bertz CT molecular complexity index is 338. The van der Waals surface area contributed by atoms with Crippen LogP contribution in [0.15, 0.2) is 5.16 Å². The summed E-state index contributed by atoms with van der Waals surface area (Å²) in [4.78, 5) is 12.5. The second-order valence-corrected chi connectivity index (χ2v) is 4.22. The molecule has 0 radical (unpaired) electrons.